The first-order valence-electron chi connectivity index (χ1n) is 10.1. The molecule has 0 bridgehead atoms. The second kappa shape index (κ2) is 8.40. The van der Waals surface area contributed by atoms with Gasteiger partial charge in [-0.25, -0.2) is 13.1 Å². The molecule has 0 radical (unpaired) electrons. The highest BCUT2D eigenvalue weighted by atomic mass is 32.2. The molecule has 1 aliphatic rings. The van der Waals surface area contributed by atoms with Crippen LogP contribution < -0.4 is 14.4 Å². The predicted octanol–water partition coefficient (Wildman–Crippen LogP) is 4.16. The summed E-state index contributed by atoms with van der Waals surface area (Å²) in [6.45, 7) is 8.79. The summed E-state index contributed by atoms with van der Waals surface area (Å²) in [5.41, 5.74) is 2.60. The number of carbonyl (C=O) groups is 1. The zero-order valence-electron chi connectivity index (χ0n) is 18.2. The molecule has 1 unspecified atom stereocenters. The Hall–Kier alpha value is -2.38. The maximum absolute atomic E-state index is 13.0. The van der Waals surface area contributed by atoms with Gasteiger partial charge in [-0.3, -0.25) is 4.79 Å². The Morgan fingerprint density at radius 2 is 1.77 bits per heavy atom. The van der Waals surface area contributed by atoms with Crippen LogP contribution in [0.15, 0.2) is 47.4 Å². The van der Waals surface area contributed by atoms with Gasteiger partial charge in [0.1, 0.15) is 5.75 Å². The SMILES string of the molecule is COc1ccc(S(=O)(=O)NC(C)c2ccc(C(C)(C)C)cc2)cc1N1CCCC1=O. The predicted molar refractivity (Wildman–Crippen MR) is 118 cm³/mol. The molecule has 3 rings (SSSR count). The van der Waals surface area contributed by atoms with Crippen LogP contribution in [0.3, 0.4) is 0 Å². The zero-order valence-corrected chi connectivity index (χ0v) is 19.0. The molecular weight excluding hydrogens is 400 g/mol. The number of sulfonamides is 1. The van der Waals surface area contributed by atoms with Crippen LogP contribution in [-0.2, 0) is 20.2 Å². The van der Waals surface area contributed by atoms with E-state index in [4.69, 9.17) is 4.74 Å². The molecule has 0 aromatic heterocycles. The van der Waals surface area contributed by atoms with Crippen LogP contribution in [-0.4, -0.2) is 28.0 Å². The summed E-state index contributed by atoms with van der Waals surface area (Å²) in [5, 5.41) is 0. The maximum atomic E-state index is 13.0. The van der Waals surface area contributed by atoms with E-state index in [0.29, 0.717) is 24.4 Å². The van der Waals surface area contributed by atoms with Gasteiger partial charge in [0.2, 0.25) is 15.9 Å². The fraction of sp³-hybridized carbons (Fsp3) is 0.435. The summed E-state index contributed by atoms with van der Waals surface area (Å²) >= 11 is 0. The van der Waals surface area contributed by atoms with E-state index in [1.165, 1.54) is 24.8 Å². The summed E-state index contributed by atoms with van der Waals surface area (Å²) in [6.07, 6.45) is 1.21. The van der Waals surface area contributed by atoms with Crippen LogP contribution in [0.1, 0.15) is 57.7 Å². The molecule has 7 heteroatoms. The number of benzene rings is 2. The van der Waals surface area contributed by atoms with Crippen LogP contribution in [0, 0.1) is 0 Å². The van der Waals surface area contributed by atoms with E-state index >= 15 is 0 Å². The third-order valence-corrected chi connectivity index (χ3v) is 6.97. The second-order valence-electron chi connectivity index (χ2n) is 8.70. The molecule has 30 heavy (non-hydrogen) atoms. The number of nitrogens with one attached hydrogen (secondary N) is 1. The fourth-order valence-corrected chi connectivity index (χ4v) is 4.84. The minimum absolute atomic E-state index is 0.0249. The molecule has 1 N–H and O–H groups in total. The summed E-state index contributed by atoms with van der Waals surface area (Å²) in [5.74, 6) is 0.457. The lowest BCUT2D eigenvalue weighted by atomic mass is 9.86. The van der Waals surface area contributed by atoms with Crippen molar-refractivity contribution < 1.29 is 17.9 Å². The normalized spacial score (nSPS) is 16.0. The Kier molecular flexibility index (Phi) is 6.24. The Morgan fingerprint density at radius 1 is 1.10 bits per heavy atom. The van der Waals surface area contributed by atoms with Gasteiger partial charge in [0, 0.05) is 19.0 Å². The fourth-order valence-electron chi connectivity index (χ4n) is 3.59. The highest BCUT2D eigenvalue weighted by molar-refractivity contribution is 7.89. The van der Waals surface area contributed by atoms with Crippen LogP contribution in [0.25, 0.3) is 0 Å². The summed E-state index contributed by atoms with van der Waals surface area (Å²) in [6, 6.07) is 12.2. The number of carbonyl (C=O) groups excluding carboxylic acids is 1. The molecule has 1 heterocycles. The topological polar surface area (TPSA) is 75.7 Å². The number of rotatable bonds is 6. The Bertz CT molecular complexity index is 1020. The highest BCUT2D eigenvalue weighted by Gasteiger charge is 2.27. The van der Waals surface area contributed by atoms with Gasteiger partial charge in [-0.2, -0.15) is 0 Å². The molecule has 162 valence electrons. The molecule has 1 saturated heterocycles. The second-order valence-corrected chi connectivity index (χ2v) is 10.4. The number of hydrogen-bond donors (Lipinski definition) is 1. The third kappa shape index (κ3) is 4.68. The van der Waals surface area contributed by atoms with E-state index in [1.807, 2.05) is 31.2 Å². The molecule has 0 spiro atoms. The van der Waals surface area contributed by atoms with Gasteiger partial charge in [-0.1, -0.05) is 45.0 Å². The molecule has 0 aliphatic carbocycles. The minimum atomic E-state index is -3.78. The van der Waals surface area contributed by atoms with E-state index in [9.17, 15) is 13.2 Å². The summed E-state index contributed by atoms with van der Waals surface area (Å²) in [4.78, 5) is 13.9. The largest absolute Gasteiger partial charge is 0.495 e. The van der Waals surface area contributed by atoms with Crippen molar-refractivity contribution in [2.45, 2.75) is 56.9 Å². The minimum Gasteiger partial charge on any atom is -0.495 e. The van der Waals surface area contributed by atoms with Crippen molar-refractivity contribution in [1.29, 1.82) is 0 Å². The van der Waals surface area contributed by atoms with Crippen LogP contribution in [0.5, 0.6) is 5.75 Å². The van der Waals surface area contributed by atoms with Crippen molar-refractivity contribution in [2.75, 3.05) is 18.6 Å². The molecule has 1 amide bonds. The van der Waals surface area contributed by atoms with E-state index in [0.717, 1.165) is 12.0 Å². The smallest absolute Gasteiger partial charge is 0.241 e. The van der Waals surface area contributed by atoms with Gasteiger partial charge in [0.25, 0.3) is 0 Å². The lowest BCUT2D eigenvalue weighted by Gasteiger charge is -2.22. The first-order chi connectivity index (χ1) is 14.0. The third-order valence-electron chi connectivity index (χ3n) is 5.43. The molecule has 0 saturated carbocycles. The first kappa shape index (κ1) is 22.3. The molecule has 2 aromatic rings. The number of methoxy groups -OCH3 is 1. The Balaban J connectivity index is 1.85. The molecule has 2 aromatic carbocycles. The summed E-state index contributed by atoms with van der Waals surface area (Å²) < 4.78 is 34.2. The monoisotopic (exact) mass is 430 g/mol. The van der Waals surface area contributed by atoms with Gasteiger partial charge in [-0.05, 0) is 48.1 Å². The number of amides is 1. The lowest BCUT2D eigenvalue weighted by molar-refractivity contribution is -0.117. The standard InChI is InChI=1S/C23H30N2O4S/c1-16(17-8-10-18(11-9-17)23(2,3)4)24-30(27,28)19-12-13-21(29-5)20(15-19)25-14-6-7-22(25)26/h8-13,15-16,24H,6-7,14H2,1-5H3. The van der Waals surface area contributed by atoms with Crippen molar-refractivity contribution >= 4 is 21.6 Å². The van der Waals surface area contributed by atoms with E-state index < -0.39 is 16.1 Å². The molecule has 1 fully saturated rings. The van der Waals surface area contributed by atoms with Gasteiger partial charge < -0.3 is 9.64 Å². The average molecular weight is 431 g/mol. The van der Waals surface area contributed by atoms with Crippen molar-refractivity contribution in [3.8, 4) is 5.75 Å². The van der Waals surface area contributed by atoms with Crippen LogP contribution >= 0.6 is 0 Å². The van der Waals surface area contributed by atoms with Gasteiger partial charge in [0.05, 0.1) is 17.7 Å². The lowest BCUT2D eigenvalue weighted by Crippen LogP contribution is -2.28. The average Bonchev–Trinajstić information content (AvgIpc) is 3.12. The zero-order chi connectivity index (χ0) is 22.1. The van der Waals surface area contributed by atoms with E-state index in [1.54, 1.807) is 11.0 Å². The molecular formula is C23H30N2O4S. The molecule has 1 aliphatic heterocycles. The number of nitrogens with zero attached hydrogens (tertiary/aromatic N) is 1. The number of anilines is 1. The van der Waals surface area contributed by atoms with Crippen molar-refractivity contribution in [2.24, 2.45) is 0 Å². The maximum Gasteiger partial charge on any atom is 0.241 e. The Morgan fingerprint density at radius 3 is 2.30 bits per heavy atom. The van der Waals surface area contributed by atoms with Gasteiger partial charge >= 0.3 is 0 Å². The molecule has 1 atom stereocenters. The number of ether oxygens (including phenoxy) is 1. The quantitative estimate of drug-likeness (QED) is 0.747. The van der Waals surface area contributed by atoms with Gasteiger partial charge in [-0.15, -0.1) is 0 Å². The number of hydrogen-bond acceptors (Lipinski definition) is 4. The highest BCUT2D eigenvalue weighted by Crippen LogP contribution is 2.34. The van der Waals surface area contributed by atoms with Gasteiger partial charge in [0.15, 0.2) is 0 Å². The molecule has 6 nitrogen and oxygen atoms in total. The van der Waals surface area contributed by atoms with Crippen molar-refractivity contribution in [3.05, 3.63) is 53.6 Å². The Labute approximate surface area is 179 Å². The van der Waals surface area contributed by atoms with E-state index in [-0.39, 0.29) is 16.2 Å². The van der Waals surface area contributed by atoms with Crippen molar-refractivity contribution in [1.82, 2.24) is 4.72 Å². The van der Waals surface area contributed by atoms with Crippen molar-refractivity contribution in [3.63, 3.8) is 0 Å². The van der Waals surface area contributed by atoms with Crippen LogP contribution in [0.2, 0.25) is 0 Å². The van der Waals surface area contributed by atoms with Crippen LogP contribution in [0.4, 0.5) is 5.69 Å². The van der Waals surface area contributed by atoms with E-state index in [2.05, 4.69) is 25.5 Å². The summed E-state index contributed by atoms with van der Waals surface area (Å²) in [7, 11) is -2.28. The first-order valence-corrected chi connectivity index (χ1v) is 11.6.